The van der Waals surface area contributed by atoms with Crippen LogP contribution >= 0.6 is 11.6 Å². The lowest BCUT2D eigenvalue weighted by Gasteiger charge is -2.36. The molecule has 2 aliphatic rings. The smallest absolute Gasteiger partial charge is 0.332 e. The van der Waals surface area contributed by atoms with E-state index in [1.807, 2.05) is 36.4 Å². The molecule has 0 spiro atoms. The first-order chi connectivity index (χ1) is 20.9. The number of fused-ring (bicyclic) bond motifs is 4. The number of halogens is 2. The van der Waals surface area contributed by atoms with Gasteiger partial charge < -0.3 is 10.3 Å². The van der Waals surface area contributed by atoms with Crippen molar-refractivity contribution >= 4 is 46.0 Å². The van der Waals surface area contributed by atoms with Gasteiger partial charge >= 0.3 is 6.03 Å². The molecule has 0 radical (unpaired) electrons. The number of nitrogens with one attached hydrogen (secondary N) is 2. The minimum absolute atomic E-state index is 0.181. The van der Waals surface area contributed by atoms with Crippen molar-refractivity contribution in [3.8, 4) is 0 Å². The summed E-state index contributed by atoms with van der Waals surface area (Å²) in [5, 5.41) is 4.33. The van der Waals surface area contributed by atoms with Crippen LogP contribution in [0.5, 0.6) is 0 Å². The zero-order valence-corrected chi connectivity index (χ0v) is 23.6. The molecule has 5 aromatic rings. The number of aromatic nitrogens is 1. The Hall–Kier alpha value is -4.95. The number of urea groups is 1. The number of hydrogen-bond acceptors (Lipinski definition) is 3. The molecule has 0 bridgehead atoms. The molecule has 2 atom stereocenters. The molecule has 214 valence electrons. The quantitative estimate of drug-likeness (QED) is 0.223. The van der Waals surface area contributed by atoms with Crippen LogP contribution in [0.4, 0.5) is 14.9 Å². The Kier molecular flexibility index (Phi) is 6.70. The SMILES string of the molecule is O=C(NCCc1ccccc1F)c1ccccc1N1C(=O)C2Cc3c([nH]c4ccccc34)C(c3cccc(Cl)c3)N2C1=O. The summed E-state index contributed by atoms with van der Waals surface area (Å²) in [4.78, 5) is 47.9. The summed E-state index contributed by atoms with van der Waals surface area (Å²) >= 11 is 6.39. The average molecular weight is 593 g/mol. The lowest BCUT2D eigenvalue weighted by molar-refractivity contribution is -0.120. The van der Waals surface area contributed by atoms with Crippen LogP contribution in [0.3, 0.4) is 0 Å². The Balaban J connectivity index is 1.24. The van der Waals surface area contributed by atoms with Gasteiger partial charge in [0.05, 0.1) is 11.3 Å². The third-order valence-electron chi connectivity index (χ3n) is 8.24. The van der Waals surface area contributed by atoms with E-state index >= 15 is 0 Å². The van der Waals surface area contributed by atoms with E-state index in [0.29, 0.717) is 23.4 Å². The van der Waals surface area contributed by atoms with Crippen LogP contribution in [0, 0.1) is 5.82 Å². The Morgan fingerprint density at radius 1 is 0.953 bits per heavy atom. The van der Waals surface area contributed by atoms with Crippen molar-refractivity contribution in [3.05, 3.63) is 136 Å². The predicted octanol–water partition coefficient (Wildman–Crippen LogP) is 6.42. The normalized spacial score (nSPS) is 17.7. The largest absolute Gasteiger partial charge is 0.356 e. The molecule has 1 aromatic heterocycles. The van der Waals surface area contributed by atoms with Crippen molar-refractivity contribution in [2.45, 2.75) is 24.9 Å². The standard InChI is InChI=1S/C34H26ClFN4O3/c35-22-10-7-9-21(18-22)31-30-25(23-11-2-5-14-27(23)38-30)19-29-33(42)40(34(43)39(29)31)28-15-6-3-12-24(28)32(41)37-17-16-20-8-1-4-13-26(20)36/h1-15,18,29,31,38H,16-17,19H2,(H,37,41). The van der Waals surface area contributed by atoms with Gasteiger partial charge in [0.25, 0.3) is 11.8 Å². The first-order valence-corrected chi connectivity index (χ1v) is 14.4. The number of para-hydroxylation sites is 2. The maximum absolute atomic E-state index is 14.3. The molecule has 0 saturated carbocycles. The molecular formula is C34H26ClFN4O3. The van der Waals surface area contributed by atoms with Crippen LogP contribution in [0.25, 0.3) is 10.9 Å². The molecule has 2 N–H and O–H groups in total. The summed E-state index contributed by atoms with van der Waals surface area (Å²) < 4.78 is 14.1. The third-order valence-corrected chi connectivity index (χ3v) is 8.48. The number of carbonyl (C=O) groups is 3. The summed E-state index contributed by atoms with van der Waals surface area (Å²) in [7, 11) is 0. The molecular weight excluding hydrogens is 567 g/mol. The van der Waals surface area contributed by atoms with E-state index in [0.717, 1.165) is 32.6 Å². The highest BCUT2D eigenvalue weighted by atomic mass is 35.5. The van der Waals surface area contributed by atoms with E-state index in [1.54, 1.807) is 59.5 Å². The highest BCUT2D eigenvalue weighted by Crippen LogP contribution is 2.45. The molecule has 4 amide bonds. The molecule has 7 rings (SSSR count). The molecule has 1 fully saturated rings. The molecule has 4 aromatic carbocycles. The van der Waals surface area contributed by atoms with E-state index in [1.165, 1.54) is 6.07 Å². The second kappa shape index (κ2) is 10.7. The topological polar surface area (TPSA) is 85.5 Å². The van der Waals surface area contributed by atoms with Crippen LogP contribution in [-0.2, 0) is 17.6 Å². The molecule has 2 aliphatic heterocycles. The van der Waals surface area contributed by atoms with Gasteiger partial charge in [-0.15, -0.1) is 0 Å². The van der Waals surface area contributed by atoms with Gasteiger partial charge in [-0.25, -0.2) is 14.1 Å². The molecule has 0 aliphatic carbocycles. The van der Waals surface area contributed by atoms with Crippen LogP contribution in [0.2, 0.25) is 5.02 Å². The minimum Gasteiger partial charge on any atom is -0.356 e. The van der Waals surface area contributed by atoms with E-state index < -0.39 is 29.9 Å². The van der Waals surface area contributed by atoms with Crippen LogP contribution in [0.15, 0.2) is 97.1 Å². The van der Waals surface area contributed by atoms with Gasteiger partial charge in [0, 0.05) is 34.6 Å². The minimum atomic E-state index is -0.777. The van der Waals surface area contributed by atoms with Gasteiger partial charge in [-0.1, -0.05) is 72.3 Å². The number of carbonyl (C=O) groups excluding carboxylic acids is 3. The van der Waals surface area contributed by atoms with Crippen molar-refractivity contribution in [1.29, 1.82) is 0 Å². The second-order valence-electron chi connectivity index (χ2n) is 10.7. The zero-order chi connectivity index (χ0) is 29.7. The second-order valence-corrected chi connectivity index (χ2v) is 11.2. The fraction of sp³-hybridized carbons (Fsp3) is 0.147. The number of anilines is 1. The predicted molar refractivity (Wildman–Crippen MR) is 163 cm³/mol. The van der Waals surface area contributed by atoms with Crippen LogP contribution in [0.1, 0.15) is 38.8 Å². The lowest BCUT2D eigenvalue weighted by atomic mass is 9.89. The van der Waals surface area contributed by atoms with Crippen molar-refractivity contribution in [1.82, 2.24) is 15.2 Å². The number of rotatable bonds is 6. The van der Waals surface area contributed by atoms with E-state index in [2.05, 4.69) is 10.3 Å². The fourth-order valence-electron chi connectivity index (χ4n) is 6.29. The Labute approximate surface area is 251 Å². The van der Waals surface area contributed by atoms with Crippen molar-refractivity contribution < 1.29 is 18.8 Å². The number of nitrogens with zero attached hydrogens (tertiary/aromatic N) is 2. The first kappa shape index (κ1) is 26.9. The highest BCUT2D eigenvalue weighted by Gasteiger charge is 2.53. The van der Waals surface area contributed by atoms with Crippen LogP contribution in [-0.4, -0.2) is 40.3 Å². The number of aromatic amines is 1. The molecule has 43 heavy (non-hydrogen) atoms. The maximum atomic E-state index is 14.3. The van der Waals surface area contributed by atoms with E-state index in [-0.39, 0.29) is 23.6 Å². The third kappa shape index (κ3) is 4.55. The first-order valence-electron chi connectivity index (χ1n) is 14.0. The van der Waals surface area contributed by atoms with Crippen molar-refractivity contribution in [2.75, 3.05) is 11.4 Å². The van der Waals surface area contributed by atoms with Gasteiger partial charge in [0.15, 0.2) is 0 Å². The van der Waals surface area contributed by atoms with Gasteiger partial charge in [-0.3, -0.25) is 14.5 Å². The summed E-state index contributed by atoms with van der Waals surface area (Å²) in [5.41, 5.74) is 4.38. The van der Waals surface area contributed by atoms with E-state index in [4.69, 9.17) is 11.6 Å². The summed E-state index contributed by atoms with van der Waals surface area (Å²) in [6, 6.07) is 26.2. The monoisotopic (exact) mass is 592 g/mol. The van der Waals surface area contributed by atoms with Gasteiger partial charge in [0.1, 0.15) is 17.9 Å². The van der Waals surface area contributed by atoms with Gasteiger partial charge in [0.2, 0.25) is 0 Å². The fourth-order valence-corrected chi connectivity index (χ4v) is 6.49. The Morgan fingerprint density at radius 2 is 1.72 bits per heavy atom. The lowest BCUT2D eigenvalue weighted by Crippen LogP contribution is -2.44. The highest BCUT2D eigenvalue weighted by molar-refractivity contribution is 6.30. The number of hydrogen-bond donors (Lipinski definition) is 2. The maximum Gasteiger partial charge on any atom is 0.332 e. The molecule has 3 heterocycles. The Morgan fingerprint density at radius 3 is 2.56 bits per heavy atom. The van der Waals surface area contributed by atoms with Gasteiger partial charge in [-0.05, 0) is 59.5 Å². The van der Waals surface area contributed by atoms with Crippen molar-refractivity contribution in [2.24, 2.45) is 0 Å². The van der Waals surface area contributed by atoms with Crippen molar-refractivity contribution in [3.63, 3.8) is 0 Å². The Bertz CT molecular complexity index is 1920. The number of imide groups is 1. The summed E-state index contributed by atoms with van der Waals surface area (Å²) in [6.45, 7) is 0.184. The molecule has 9 heteroatoms. The average Bonchev–Trinajstić information content (AvgIpc) is 3.51. The molecule has 7 nitrogen and oxygen atoms in total. The van der Waals surface area contributed by atoms with E-state index in [9.17, 15) is 18.8 Å². The molecule has 1 saturated heterocycles. The summed E-state index contributed by atoms with van der Waals surface area (Å²) in [6.07, 6.45) is 0.625. The number of H-pyrrole nitrogens is 1. The van der Waals surface area contributed by atoms with Crippen LogP contribution < -0.4 is 10.2 Å². The number of amides is 4. The van der Waals surface area contributed by atoms with Gasteiger partial charge in [-0.2, -0.15) is 0 Å². The molecule has 2 unspecified atom stereocenters. The zero-order valence-electron chi connectivity index (χ0n) is 22.9. The number of benzene rings is 4. The summed E-state index contributed by atoms with van der Waals surface area (Å²) in [5.74, 6) is -1.20.